The summed E-state index contributed by atoms with van der Waals surface area (Å²) in [6, 6.07) is 15.9. The van der Waals surface area contributed by atoms with E-state index in [1.165, 1.54) is 10.1 Å². The molecule has 2 aromatic carbocycles. The zero-order valence-electron chi connectivity index (χ0n) is 14.2. The Bertz CT molecular complexity index is 1130. The fourth-order valence-electron chi connectivity index (χ4n) is 3.09. The molecule has 0 bridgehead atoms. The number of hydrogen-bond donors (Lipinski definition) is 1. The Labute approximate surface area is 144 Å². The number of hydrogen-bond acceptors (Lipinski definition) is 4. The summed E-state index contributed by atoms with van der Waals surface area (Å²) < 4.78 is 3.48. The van der Waals surface area contributed by atoms with Crippen LogP contribution >= 0.6 is 0 Å². The molecular formula is C19H19N5O. The number of rotatable bonds is 4. The highest BCUT2D eigenvalue weighted by atomic mass is 16.1. The van der Waals surface area contributed by atoms with Crippen molar-refractivity contribution in [1.29, 1.82) is 0 Å². The maximum absolute atomic E-state index is 12.5. The smallest absolute Gasteiger partial charge is 0.262 e. The number of nitrogens with zero attached hydrogens (tertiary/aromatic N) is 4. The highest BCUT2D eigenvalue weighted by Crippen LogP contribution is 2.16. The summed E-state index contributed by atoms with van der Waals surface area (Å²) in [5, 5.41) is 12.6. The van der Waals surface area contributed by atoms with E-state index < -0.39 is 0 Å². The van der Waals surface area contributed by atoms with Crippen LogP contribution in [-0.4, -0.2) is 19.2 Å². The van der Waals surface area contributed by atoms with Gasteiger partial charge < -0.3 is 5.32 Å². The van der Waals surface area contributed by atoms with E-state index >= 15 is 0 Å². The SMILES string of the molecule is CCc1cccc(NCc2nnc3n(C)c(=O)c4ccccc4n23)c1. The summed E-state index contributed by atoms with van der Waals surface area (Å²) in [5.74, 6) is 1.31. The van der Waals surface area contributed by atoms with Gasteiger partial charge in [-0.1, -0.05) is 31.2 Å². The van der Waals surface area contributed by atoms with E-state index in [1.54, 1.807) is 7.05 Å². The first-order valence-electron chi connectivity index (χ1n) is 8.33. The van der Waals surface area contributed by atoms with Gasteiger partial charge >= 0.3 is 0 Å². The molecule has 0 aliphatic heterocycles. The Kier molecular flexibility index (Phi) is 3.72. The summed E-state index contributed by atoms with van der Waals surface area (Å²) in [6.45, 7) is 2.66. The minimum atomic E-state index is -0.0642. The zero-order chi connectivity index (χ0) is 17.4. The molecule has 0 aliphatic rings. The third-order valence-corrected chi connectivity index (χ3v) is 4.48. The van der Waals surface area contributed by atoms with Crippen molar-refractivity contribution >= 4 is 22.4 Å². The van der Waals surface area contributed by atoms with Gasteiger partial charge in [-0.3, -0.25) is 13.8 Å². The lowest BCUT2D eigenvalue weighted by Crippen LogP contribution is -2.20. The van der Waals surface area contributed by atoms with Crippen LogP contribution in [0.3, 0.4) is 0 Å². The van der Waals surface area contributed by atoms with Crippen molar-refractivity contribution < 1.29 is 0 Å². The van der Waals surface area contributed by atoms with Gasteiger partial charge in [0.1, 0.15) is 0 Å². The van der Waals surface area contributed by atoms with Crippen LogP contribution in [0.5, 0.6) is 0 Å². The van der Waals surface area contributed by atoms with E-state index in [0.717, 1.165) is 23.4 Å². The Balaban J connectivity index is 1.79. The van der Waals surface area contributed by atoms with E-state index in [2.05, 4.69) is 34.6 Å². The lowest BCUT2D eigenvalue weighted by molar-refractivity contribution is 0.855. The van der Waals surface area contributed by atoms with Gasteiger partial charge in [0.15, 0.2) is 5.82 Å². The van der Waals surface area contributed by atoms with Crippen LogP contribution < -0.4 is 10.9 Å². The summed E-state index contributed by atoms with van der Waals surface area (Å²) in [4.78, 5) is 12.5. The number of nitrogens with one attached hydrogen (secondary N) is 1. The molecule has 2 heterocycles. The summed E-state index contributed by atoms with van der Waals surface area (Å²) in [7, 11) is 1.72. The van der Waals surface area contributed by atoms with Gasteiger partial charge in [0.25, 0.3) is 5.56 Å². The predicted octanol–water partition coefficient (Wildman–Crippen LogP) is 2.76. The molecule has 0 amide bonds. The molecule has 4 aromatic rings. The first kappa shape index (κ1) is 15.4. The van der Waals surface area contributed by atoms with Gasteiger partial charge in [0, 0.05) is 12.7 Å². The quantitative estimate of drug-likeness (QED) is 0.624. The second kappa shape index (κ2) is 6.05. The van der Waals surface area contributed by atoms with Crippen LogP contribution in [-0.2, 0) is 20.0 Å². The number of aryl methyl sites for hydroxylation is 2. The van der Waals surface area contributed by atoms with Crippen LogP contribution in [0.15, 0.2) is 53.3 Å². The Hall–Kier alpha value is -3.15. The molecule has 0 atom stereocenters. The normalized spacial score (nSPS) is 11.3. The predicted molar refractivity (Wildman–Crippen MR) is 98.9 cm³/mol. The molecule has 1 N–H and O–H groups in total. The molecule has 126 valence electrons. The molecule has 4 rings (SSSR count). The average Bonchev–Trinajstić information content (AvgIpc) is 3.09. The topological polar surface area (TPSA) is 64.2 Å². The second-order valence-corrected chi connectivity index (χ2v) is 6.04. The molecule has 0 fully saturated rings. The molecular weight excluding hydrogens is 314 g/mol. The van der Waals surface area contributed by atoms with Crippen LogP contribution in [0.25, 0.3) is 16.7 Å². The van der Waals surface area contributed by atoms with E-state index in [1.807, 2.05) is 40.8 Å². The van der Waals surface area contributed by atoms with Gasteiger partial charge in [-0.15, -0.1) is 10.2 Å². The number of aromatic nitrogens is 4. The molecule has 0 saturated heterocycles. The van der Waals surface area contributed by atoms with Gasteiger partial charge in [-0.05, 0) is 36.2 Å². The maximum atomic E-state index is 12.5. The largest absolute Gasteiger partial charge is 0.378 e. The third kappa shape index (κ3) is 2.55. The van der Waals surface area contributed by atoms with Crippen molar-refractivity contribution in [3.63, 3.8) is 0 Å². The van der Waals surface area contributed by atoms with E-state index in [9.17, 15) is 4.79 Å². The molecule has 0 radical (unpaired) electrons. The molecule has 0 unspecified atom stereocenters. The minimum Gasteiger partial charge on any atom is -0.378 e. The molecule has 2 aromatic heterocycles. The third-order valence-electron chi connectivity index (χ3n) is 4.48. The maximum Gasteiger partial charge on any atom is 0.262 e. The van der Waals surface area contributed by atoms with Crippen molar-refractivity contribution in [2.75, 3.05) is 5.32 Å². The summed E-state index contributed by atoms with van der Waals surface area (Å²) in [5.41, 5.74) is 3.09. The van der Waals surface area contributed by atoms with E-state index in [0.29, 0.717) is 17.7 Å². The van der Waals surface area contributed by atoms with Gasteiger partial charge in [0.2, 0.25) is 5.78 Å². The number of anilines is 1. The van der Waals surface area contributed by atoms with Gasteiger partial charge in [-0.2, -0.15) is 0 Å². The first-order chi connectivity index (χ1) is 12.2. The highest BCUT2D eigenvalue weighted by molar-refractivity contribution is 5.80. The molecule has 0 aliphatic carbocycles. The molecule has 0 spiro atoms. The van der Waals surface area contributed by atoms with Crippen molar-refractivity contribution in [1.82, 2.24) is 19.2 Å². The number of fused-ring (bicyclic) bond motifs is 3. The Morgan fingerprint density at radius 1 is 1.08 bits per heavy atom. The summed E-state index contributed by atoms with van der Waals surface area (Å²) >= 11 is 0. The fraction of sp³-hybridized carbons (Fsp3) is 0.211. The van der Waals surface area contributed by atoms with E-state index in [-0.39, 0.29) is 5.56 Å². The van der Waals surface area contributed by atoms with Crippen molar-refractivity contribution in [2.45, 2.75) is 19.9 Å². The number of para-hydroxylation sites is 1. The minimum absolute atomic E-state index is 0.0642. The highest BCUT2D eigenvalue weighted by Gasteiger charge is 2.14. The lowest BCUT2D eigenvalue weighted by Gasteiger charge is -2.09. The van der Waals surface area contributed by atoms with Crippen LogP contribution in [0.2, 0.25) is 0 Å². The van der Waals surface area contributed by atoms with Gasteiger partial charge in [-0.25, -0.2) is 0 Å². The van der Waals surface area contributed by atoms with Crippen LogP contribution in [0, 0.1) is 0 Å². The van der Waals surface area contributed by atoms with Crippen LogP contribution in [0.1, 0.15) is 18.3 Å². The monoisotopic (exact) mass is 333 g/mol. The van der Waals surface area contributed by atoms with Gasteiger partial charge in [0.05, 0.1) is 17.4 Å². The standard InChI is InChI=1S/C19H19N5O/c1-3-13-7-6-8-14(11-13)20-12-17-21-22-19-23(2)18(25)15-9-4-5-10-16(15)24(17)19/h4-11,20H,3,12H2,1-2H3. The fourth-order valence-corrected chi connectivity index (χ4v) is 3.09. The molecule has 25 heavy (non-hydrogen) atoms. The lowest BCUT2D eigenvalue weighted by atomic mass is 10.1. The Morgan fingerprint density at radius 3 is 2.76 bits per heavy atom. The zero-order valence-corrected chi connectivity index (χ0v) is 14.2. The van der Waals surface area contributed by atoms with Crippen molar-refractivity contribution in [3.8, 4) is 0 Å². The van der Waals surface area contributed by atoms with Crippen LogP contribution in [0.4, 0.5) is 5.69 Å². The van der Waals surface area contributed by atoms with E-state index in [4.69, 9.17) is 0 Å². The van der Waals surface area contributed by atoms with Crippen molar-refractivity contribution in [3.05, 3.63) is 70.3 Å². The first-order valence-corrected chi connectivity index (χ1v) is 8.33. The Morgan fingerprint density at radius 2 is 1.92 bits per heavy atom. The average molecular weight is 333 g/mol. The molecule has 6 nitrogen and oxygen atoms in total. The molecule has 0 saturated carbocycles. The summed E-state index contributed by atoms with van der Waals surface area (Å²) in [6.07, 6.45) is 0.996. The molecule has 6 heteroatoms. The number of benzene rings is 2. The second-order valence-electron chi connectivity index (χ2n) is 6.04. The van der Waals surface area contributed by atoms with Crippen molar-refractivity contribution in [2.24, 2.45) is 7.05 Å².